The molecule has 0 aliphatic carbocycles. The molecule has 8 rings (SSSR count). The highest BCUT2D eigenvalue weighted by Crippen LogP contribution is 2.35. The van der Waals surface area contributed by atoms with Crippen LogP contribution in [-0.2, 0) is 20.7 Å². The summed E-state index contributed by atoms with van der Waals surface area (Å²) in [6.07, 6.45) is 5.08. The molecule has 4 aromatic carbocycles. The molecule has 1 aromatic heterocycles. The maximum Gasteiger partial charge on any atom is 0.407 e. The van der Waals surface area contributed by atoms with E-state index >= 15 is 0 Å². The average Bonchev–Trinajstić information content (AvgIpc) is 4.08. The highest BCUT2D eigenvalue weighted by atomic mass is 16.5. The van der Waals surface area contributed by atoms with E-state index < -0.39 is 12.1 Å². The van der Waals surface area contributed by atoms with E-state index in [4.69, 9.17) is 14.7 Å². The Morgan fingerprint density at radius 2 is 1.44 bits per heavy atom. The number of nitrogens with zero attached hydrogens (tertiary/aromatic N) is 4. The van der Waals surface area contributed by atoms with E-state index in [1.165, 1.54) is 12.7 Å². The average molecular weight is 736 g/mol. The van der Waals surface area contributed by atoms with Crippen LogP contribution in [0.5, 0.6) is 0 Å². The molecule has 2 saturated heterocycles. The third kappa shape index (κ3) is 7.73. The number of aromatic nitrogens is 2. The van der Waals surface area contributed by atoms with E-state index in [0.717, 1.165) is 71.8 Å². The summed E-state index contributed by atoms with van der Waals surface area (Å²) in [5, 5.41) is 6.36. The lowest BCUT2D eigenvalue weighted by Gasteiger charge is -2.28. The lowest BCUT2D eigenvalue weighted by molar-refractivity contribution is -0.134. The number of hydrogen-bond acceptors (Lipinski definition) is 7. The van der Waals surface area contributed by atoms with Gasteiger partial charge < -0.3 is 30.2 Å². The van der Waals surface area contributed by atoms with Gasteiger partial charge in [-0.1, -0.05) is 109 Å². The van der Waals surface area contributed by atoms with E-state index in [0.29, 0.717) is 25.1 Å². The van der Waals surface area contributed by atoms with Gasteiger partial charge in [-0.3, -0.25) is 14.6 Å². The van der Waals surface area contributed by atoms with Crippen LogP contribution in [0.15, 0.2) is 120 Å². The van der Waals surface area contributed by atoms with E-state index in [1.54, 1.807) is 4.90 Å². The molecular formula is C44H45N7O4. The Bertz CT molecular complexity index is 2150. The first-order valence-corrected chi connectivity index (χ1v) is 19.0. The van der Waals surface area contributed by atoms with Crippen LogP contribution in [0.25, 0.3) is 22.4 Å². The number of benzene rings is 4. The molecule has 11 heteroatoms. The first kappa shape index (κ1) is 35.8. The zero-order valence-corrected chi connectivity index (χ0v) is 30.9. The zero-order chi connectivity index (χ0) is 37.7. The largest absolute Gasteiger partial charge is 0.453 e. The number of alkyl carbamates (subject to hydrolysis) is 1. The molecule has 4 atom stereocenters. The standard InChI is InChI=1S/C44H45N7O4/c1-55-44(54)49-40(34-12-6-3-7-13-34)43(53)51-25-9-15-38(51)42-46-28-36(48-42)33-22-18-31(19-23-33)30-16-20-32(21-17-30)35-27-45-41(47-35)37-14-8-24-50(37)39(52)26-29-10-4-2-5-11-29/h2-7,10-13,16-23,28,35,37-38,40H,8-9,14-15,24-27H2,1H3,(H,45,47)(H,46,48)(H,49,54)/t35?,37-,38-,40+/m0/s1. The molecule has 55 heavy (non-hydrogen) atoms. The van der Waals surface area contributed by atoms with Gasteiger partial charge in [0.25, 0.3) is 5.91 Å². The van der Waals surface area contributed by atoms with Crippen LogP contribution in [0.1, 0.15) is 66.3 Å². The number of H-pyrrole nitrogens is 1. The highest BCUT2D eigenvalue weighted by Gasteiger charge is 2.38. The van der Waals surface area contributed by atoms with Crippen molar-refractivity contribution in [3.8, 4) is 22.4 Å². The number of imidazole rings is 1. The van der Waals surface area contributed by atoms with Crippen molar-refractivity contribution in [2.75, 3.05) is 26.7 Å². The fourth-order valence-electron chi connectivity index (χ4n) is 8.06. The Morgan fingerprint density at radius 3 is 2.15 bits per heavy atom. The van der Waals surface area contributed by atoms with Crippen LogP contribution in [-0.4, -0.2) is 76.3 Å². The summed E-state index contributed by atoms with van der Waals surface area (Å²) in [6, 6.07) is 35.1. The van der Waals surface area contributed by atoms with Crippen LogP contribution in [0.2, 0.25) is 0 Å². The van der Waals surface area contributed by atoms with Crippen LogP contribution < -0.4 is 10.6 Å². The van der Waals surface area contributed by atoms with Crippen LogP contribution in [0, 0.1) is 0 Å². The molecule has 280 valence electrons. The van der Waals surface area contributed by atoms with Crippen LogP contribution >= 0.6 is 0 Å². The molecule has 11 nitrogen and oxygen atoms in total. The number of nitrogens with one attached hydrogen (secondary N) is 3. The number of methoxy groups -OCH3 is 1. The first-order chi connectivity index (χ1) is 26.9. The number of amidine groups is 1. The topological polar surface area (TPSA) is 132 Å². The van der Waals surface area contributed by atoms with Gasteiger partial charge in [0.1, 0.15) is 17.7 Å². The molecular weight excluding hydrogens is 691 g/mol. The van der Waals surface area contributed by atoms with Crippen molar-refractivity contribution in [1.82, 2.24) is 30.4 Å². The molecule has 0 spiro atoms. The molecule has 3 amide bonds. The smallest absolute Gasteiger partial charge is 0.407 e. The van der Waals surface area contributed by atoms with Gasteiger partial charge in [-0.25, -0.2) is 9.78 Å². The van der Waals surface area contributed by atoms with Crippen molar-refractivity contribution in [2.24, 2.45) is 4.99 Å². The summed E-state index contributed by atoms with van der Waals surface area (Å²) in [6.45, 7) is 1.99. The predicted molar refractivity (Wildman–Crippen MR) is 211 cm³/mol. The van der Waals surface area contributed by atoms with Gasteiger partial charge in [0, 0.05) is 13.1 Å². The summed E-state index contributed by atoms with van der Waals surface area (Å²) in [7, 11) is 1.29. The SMILES string of the molecule is COC(=O)N[C@@H](C(=O)N1CCC[C@H]1c1ncc(-c2ccc(-c3ccc(C4CN=C([C@@H]5CCCN5C(=O)Cc5ccccc5)N4)cc3)cc2)[nH]1)c1ccccc1. The van der Waals surface area contributed by atoms with E-state index in [9.17, 15) is 14.4 Å². The van der Waals surface area contributed by atoms with Gasteiger partial charge in [0.2, 0.25) is 5.91 Å². The first-order valence-electron chi connectivity index (χ1n) is 19.0. The minimum absolute atomic E-state index is 0.00637. The second kappa shape index (κ2) is 16.0. The normalized spacial score (nSPS) is 19.8. The Balaban J connectivity index is 0.893. The van der Waals surface area contributed by atoms with Gasteiger partial charge >= 0.3 is 6.09 Å². The number of aliphatic imine (C=N–C) groups is 1. The van der Waals surface area contributed by atoms with Crippen molar-refractivity contribution in [2.45, 2.75) is 56.3 Å². The highest BCUT2D eigenvalue weighted by molar-refractivity contribution is 5.94. The molecule has 2 fully saturated rings. The Hall–Kier alpha value is -6.23. The minimum Gasteiger partial charge on any atom is -0.453 e. The monoisotopic (exact) mass is 735 g/mol. The molecule has 0 radical (unpaired) electrons. The van der Waals surface area contributed by atoms with E-state index in [1.807, 2.05) is 71.8 Å². The van der Waals surface area contributed by atoms with Gasteiger partial charge in [-0.15, -0.1) is 0 Å². The number of carbonyl (C=O) groups is 3. The van der Waals surface area contributed by atoms with Crippen molar-refractivity contribution >= 4 is 23.7 Å². The number of likely N-dealkylation sites (tertiary alicyclic amines) is 2. The van der Waals surface area contributed by atoms with Gasteiger partial charge in [-0.05, 0) is 59.1 Å². The lowest BCUT2D eigenvalue weighted by atomic mass is 9.99. The second-order valence-corrected chi connectivity index (χ2v) is 14.4. The fourth-order valence-corrected chi connectivity index (χ4v) is 8.06. The van der Waals surface area contributed by atoms with Crippen LogP contribution in [0.4, 0.5) is 4.79 Å². The molecule has 3 aliphatic heterocycles. The minimum atomic E-state index is -0.865. The number of aromatic amines is 1. The molecule has 4 heterocycles. The number of hydrogen-bond donors (Lipinski definition) is 3. The number of amides is 3. The van der Waals surface area contributed by atoms with Gasteiger partial charge in [-0.2, -0.15) is 0 Å². The van der Waals surface area contributed by atoms with E-state index in [-0.39, 0.29) is 29.9 Å². The maximum absolute atomic E-state index is 13.9. The fraction of sp³-hybridized carbons (Fsp3) is 0.295. The third-order valence-electron chi connectivity index (χ3n) is 11.0. The third-order valence-corrected chi connectivity index (χ3v) is 11.0. The molecule has 3 N–H and O–H groups in total. The zero-order valence-electron chi connectivity index (χ0n) is 30.9. The van der Waals surface area contributed by atoms with Crippen LogP contribution in [0.3, 0.4) is 0 Å². The Labute approximate surface area is 320 Å². The summed E-state index contributed by atoms with van der Waals surface area (Å²) in [5.41, 5.74) is 6.97. The van der Waals surface area contributed by atoms with Gasteiger partial charge in [0.15, 0.2) is 0 Å². The molecule has 0 bridgehead atoms. The van der Waals surface area contributed by atoms with Gasteiger partial charge in [0.05, 0.1) is 50.1 Å². The van der Waals surface area contributed by atoms with Crippen molar-refractivity contribution < 1.29 is 19.1 Å². The Morgan fingerprint density at radius 1 is 0.800 bits per heavy atom. The van der Waals surface area contributed by atoms with Crippen molar-refractivity contribution in [1.29, 1.82) is 0 Å². The summed E-state index contributed by atoms with van der Waals surface area (Å²) < 4.78 is 4.83. The predicted octanol–water partition coefficient (Wildman–Crippen LogP) is 6.78. The maximum atomic E-state index is 13.9. The Kier molecular flexibility index (Phi) is 10.4. The lowest BCUT2D eigenvalue weighted by Crippen LogP contribution is -2.45. The summed E-state index contributed by atoms with van der Waals surface area (Å²) in [4.78, 5) is 56.1. The summed E-state index contributed by atoms with van der Waals surface area (Å²) in [5.74, 6) is 1.60. The molecule has 3 aliphatic rings. The molecule has 0 saturated carbocycles. The number of rotatable bonds is 10. The van der Waals surface area contributed by atoms with Crippen molar-refractivity contribution in [3.63, 3.8) is 0 Å². The summed E-state index contributed by atoms with van der Waals surface area (Å²) >= 11 is 0. The number of carbonyl (C=O) groups excluding carboxylic acids is 3. The number of ether oxygens (including phenoxy) is 1. The van der Waals surface area contributed by atoms with E-state index in [2.05, 4.69) is 64.1 Å². The molecule has 1 unspecified atom stereocenters. The quantitative estimate of drug-likeness (QED) is 0.145. The van der Waals surface area contributed by atoms with Crippen molar-refractivity contribution in [3.05, 3.63) is 138 Å². The molecule has 5 aromatic rings. The second-order valence-electron chi connectivity index (χ2n) is 14.4.